The van der Waals surface area contributed by atoms with Crippen LogP contribution in [0.3, 0.4) is 0 Å². The molecule has 2 aliphatic carbocycles. The van der Waals surface area contributed by atoms with E-state index >= 15 is 0 Å². The molecule has 0 aliphatic heterocycles. The van der Waals surface area contributed by atoms with Crippen molar-refractivity contribution in [2.45, 2.75) is 51.5 Å². The third-order valence-corrected chi connectivity index (χ3v) is 4.72. The van der Waals surface area contributed by atoms with Crippen LogP contribution in [0.4, 0.5) is 0 Å². The summed E-state index contributed by atoms with van der Waals surface area (Å²) in [6.45, 7) is 2.53. The molecule has 0 saturated heterocycles. The zero-order chi connectivity index (χ0) is 14.5. The molecule has 1 amide bonds. The third kappa shape index (κ3) is 4.85. The highest BCUT2D eigenvalue weighted by atomic mass is 35.5. The van der Waals surface area contributed by atoms with E-state index < -0.39 is 0 Å². The first-order chi connectivity index (χ1) is 9.61. The number of nitrogens with one attached hydrogen (secondary N) is 1. The molecule has 2 atom stereocenters. The fourth-order valence-corrected chi connectivity index (χ4v) is 3.67. The normalized spacial score (nSPS) is 31.0. The number of hydrogen-bond acceptors (Lipinski definition) is 4. The minimum Gasteiger partial charge on any atom is -0.466 e. The number of esters is 1. The topological polar surface area (TPSA) is 81.4 Å². The van der Waals surface area contributed by atoms with Gasteiger partial charge < -0.3 is 15.8 Å². The van der Waals surface area contributed by atoms with Gasteiger partial charge in [-0.15, -0.1) is 12.4 Å². The van der Waals surface area contributed by atoms with Gasteiger partial charge in [0.25, 0.3) is 0 Å². The summed E-state index contributed by atoms with van der Waals surface area (Å²) in [4.78, 5) is 23.4. The Morgan fingerprint density at radius 3 is 2.43 bits per heavy atom. The number of ether oxygens (including phenoxy) is 1. The van der Waals surface area contributed by atoms with Gasteiger partial charge in [0, 0.05) is 18.5 Å². The van der Waals surface area contributed by atoms with Crippen LogP contribution in [-0.2, 0) is 14.3 Å². The van der Waals surface area contributed by atoms with Crippen LogP contribution in [0.15, 0.2) is 0 Å². The van der Waals surface area contributed by atoms with Crippen LogP contribution in [0.25, 0.3) is 0 Å². The second kappa shape index (κ2) is 8.59. The highest BCUT2D eigenvalue weighted by Gasteiger charge is 2.40. The minimum absolute atomic E-state index is 0. The molecule has 0 spiro atoms. The Morgan fingerprint density at radius 1 is 1.24 bits per heavy atom. The lowest BCUT2D eigenvalue weighted by atomic mass is 9.65. The van der Waals surface area contributed by atoms with Gasteiger partial charge in [0.05, 0.1) is 13.0 Å². The van der Waals surface area contributed by atoms with Gasteiger partial charge in [0.2, 0.25) is 5.91 Å². The molecule has 21 heavy (non-hydrogen) atoms. The Morgan fingerprint density at radius 2 is 1.86 bits per heavy atom. The fourth-order valence-electron chi connectivity index (χ4n) is 3.67. The zero-order valence-corrected chi connectivity index (χ0v) is 13.5. The lowest BCUT2D eigenvalue weighted by Crippen LogP contribution is -2.49. The standard InChI is InChI=1S/C15H26N2O3.ClH/c1-2-20-13(18)6-7-17-15(19)12-8-10-4-3-5-11(9-12)14(10)16;/h10-12,14H,2-9,16H2,1H3,(H,17,19);1H. The van der Waals surface area contributed by atoms with Crippen LogP contribution in [-0.4, -0.2) is 31.1 Å². The largest absolute Gasteiger partial charge is 0.466 e. The molecule has 2 saturated carbocycles. The van der Waals surface area contributed by atoms with E-state index in [9.17, 15) is 9.59 Å². The van der Waals surface area contributed by atoms with E-state index in [2.05, 4.69) is 5.32 Å². The molecule has 0 aromatic rings. The van der Waals surface area contributed by atoms with Gasteiger partial charge >= 0.3 is 5.97 Å². The van der Waals surface area contributed by atoms with E-state index in [0.717, 1.165) is 25.7 Å². The lowest BCUT2D eigenvalue weighted by molar-refractivity contribution is -0.143. The maximum Gasteiger partial charge on any atom is 0.307 e. The van der Waals surface area contributed by atoms with Crippen molar-refractivity contribution in [1.29, 1.82) is 0 Å². The Kier molecular flexibility index (Phi) is 7.46. The van der Waals surface area contributed by atoms with E-state index in [1.165, 1.54) is 6.42 Å². The predicted octanol–water partition coefficient (Wildman–Crippen LogP) is 1.63. The summed E-state index contributed by atoms with van der Waals surface area (Å²) >= 11 is 0. The molecule has 0 aromatic carbocycles. The summed E-state index contributed by atoms with van der Waals surface area (Å²) in [6, 6.07) is 0.285. The number of nitrogens with two attached hydrogens (primary N) is 1. The lowest BCUT2D eigenvalue weighted by Gasteiger charge is -2.43. The summed E-state index contributed by atoms with van der Waals surface area (Å²) in [6.07, 6.45) is 5.62. The first kappa shape index (κ1) is 18.2. The smallest absolute Gasteiger partial charge is 0.307 e. The van der Waals surface area contributed by atoms with Crippen molar-refractivity contribution in [3.05, 3.63) is 0 Å². The van der Waals surface area contributed by atoms with Gasteiger partial charge in [-0.25, -0.2) is 0 Å². The Balaban J connectivity index is 0.00000220. The summed E-state index contributed by atoms with van der Waals surface area (Å²) in [5.41, 5.74) is 6.23. The molecule has 2 fully saturated rings. The average Bonchev–Trinajstić information content (AvgIpc) is 2.38. The molecule has 2 bridgehead atoms. The maximum atomic E-state index is 12.2. The number of hydrogen-bond donors (Lipinski definition) is 2. The summed E-state index contributed by atoms with van der Waals surface area (Å²) in [5, 5.41) is 2.87. The van der Waals surface area contributed by atoms with Crippen molar-refractivity contribution in [3.63, 3.8) is 0 Å². The quantitative estimate of drug-likeness (QED) is 0.755. The molecule has 3 N–H and O–H groups in total. The number of amides is 1. The molecule has 0 radical (unpaired) electrons. The Hall–Kier alpha value is -0.810. The van der Waals surface area contributed by atoms with Gasteiger partial charge in [-0.2, -0.15) is 0 Å². The highest BCUT2D eigenvalue weighted by molar-refractivity contribution is 5.85. The van der Waals surface area contributed by atoms with E-state index in [4.69, 9.17) is 10.5 Å². The van der Waals surface area contributed by atoms with Crippen molar-refractivity contribution < 1.29 is 14.3 Å². The van der Waals surface area contributed by atoms with E-state index in [1.807, 2.05) is 0 Å². The van der Waals surface area contributed by atoms with E-state index in [-0.39, 0.29) is 42.7 Å². The second-order valence-electron chi connectivity index (χ2n) is 6.04. The number of halogens is 1. The molecule has 2 unspecified atom stereocenters. The van der Waals surface area contributed by atoms with Crippen molar-refractivity contribution >= 4 is 24.3 Å². The average molecular weight is 319 g/mol. The van der Waals surface area contributed by atoms with Crippen molar-refractivity contribution in [3.8, 4) is 0 Å². The zero-order valence-electron chi connectivity index (χ0n) is 12.7. The summed E-state index contributed by atoms with van der Waals surface area (Å²) in [5.74, 6) is 0.910. The van der Waals surface area contributed by atoms with Gasteiger partial charge in [0.1, 0.15) is 0 Å². The molecule has 5 nitrogen and oxygen atoms in total. The molecular formula is C15H27ClN2O3. The van der Waals surface area contributed by atoms with Crippen molar-refractivity contribution in [2.75, 3.05) is 13.2 Å². The minimum atomic E-state index is -0.254. The number of carbonyl (C=O) groups excluding carboxylic acids is 2. The number of rotatable bonds is 5. The highest BCUT2D eigenvalue weighted by Crippen LogP contribution is 2.41. The molecular weight excluding hydrogens is 292 g/mol. The number of carbonyl (C=O) groups is 2. The molecule has 6 heteroatoms. The first-order valence-electron chi connectivity index (χ1n) is 7.80. The molecule has 0 aromatic heterocycles. The SMILES string of the molecule is CCOC(=O)CCNC(=O)C1CC2CCCC(C1)C2N.Cl. The van der Waals surface area contributed by atoms with Crippen LogP contribution < -0.4 is 11.1 Å². The molecule has 2 rings (SSSR count). The molecule has 122 valence electrons. The second-order valence-corrected chi connectivity index (χ2v) is 6.04. The monoisotopic (exact) mass is 318 g/mol. The van der Waals surface area contributed by atoms with Crippen LogP contribution in [0.2, 0.25) is 0 Å². The maximum absolute atomic E-state index is 12.2. The summed E-state index contributed by atoms with van der Waals surface area (Å²) < 4.78 is 4.84. The predicted molar refractivity (Wildman–Crippen MR) is 83.0 cm³/mol. The Bertz CT molecular complexity index is 351. The van der Waals surface area contributed by atoms with Crippen LogP contribution in [0.1, 0.15) is 45.4 Å². The fraction of sp³-hybridized carbons (Fsp3) is 0.867. The van der Waals surface area contributed by atoms with Gasteiger partial charge in [0.15, 0.2) is 0 Å². The van der Waals surface area contributed by atoms with Crippen LogP contribution in [0.5, 0.6) is 0 Å². The van der Waals surface area contributed by atoms with Crippen LogP contribution >= 0.6 is 12.4 Å². The number of fused-ring (bicyclic) bond motifs is 2. The van der Waals surface area contributed by atoms with E-state index in [0.29, 0.717) is 25.0 Å². The van der Waals surface area contributed by atoms with E-state index in [1.54, 1.807) is 6.92 Å². The van der Waals surface area contributed by atoms with Gasteiger partial charge in [-0.3, -0.25) is 9.59 Å². The van der Waals surface area contributed by atoms with Crippen molar-refractivity contribution in [2.24, 2.45) is 23.5 Å². The van der Waals surface area contributed by atoms with Gasteiger partial charge in [-0.1, -0.05) is 6.42 Å². The van der Waals surface area contributed by atoms with Crippen LogP contribution in [0, 0.1) is 17.8 Å². The van der Waals surface area contributed by atoms with Gasteiger partial charge in [-0.05, 0) is 44.4 Å². The first-order valence-corrected chi connectivity index (χ1v) is 7.80. The Labute approximate surface area is 132 Å². The third-order valence-electron chi connectivity index (χ3n) is 4.72. The molecule has 0 heterocycles. The van der Waals surface area contributed by atoms with Crippen molar-refractivity contribution in [1.82, 2.24) is 5.32 Å². The molecule has 2 aliphatic rings. The summed E-state index contributed by atoms with van der Waals surface area (Å²) in [7, 11) is 0.